The third-order valence-corrected chi connectivity index (χ3v) is 6.44. The first-order valence-electron chi connectivity index (χ1n) is 8.38. The van der Waals surface area contributed by atoms with Crippen molar-refractivity contribution in [1.82, 2.24) is 8.96 Å². The van der Waals surface area contributed by atoms with E-state index >= 15 is 0 Å². The molecule has 0 bridgehead atoms. The van der Waals surface area contributed by atoms with Gasteiger partial charge in [0, 0.05) is 5.02 Å². The van der Waals surface area contributed by atoms with E-state index in [2.05, 4.69) is 4.98 Å². The number of nitrogens with zero attached hydrogens (tertiary/aromatic N) is 2. The van der Waals surface area contributed by atoms with Gasteiger partial charge < -0.3 is 4.74 Å². The van der Waals surface area contributed by atoms with Crippen LogP contribution in [0.25, 0.3) is 11.0 Å². The highest BCUT2D eigenvalue weighted by Gasteiger charge is 2.25. The molecule has 138 valence electrons. The van der Waals surface area contributed by atoms with Gasteiger partial charge >= 0.3 is 0 Å². The summed E-state index contributed by atoms with van der Waals surface area (Å²) in [6, 6.07) is 6.83. The number of ether oxygens (including phenoxy) is 1. The molecule has 0 aliphatic rings. The number of halogens is 1. The van der Waals surface area contributed by atoms with E-state index in [9.17, 15) is 8.42 Å². The van der Waals surface area contributed by atoms with Crippen LogP contribution in [0.1, 0.15) is 30.0 Å². The quantitative estimate of drug-likeness (QED) is 0.634. The third-order valence-electron chi connectivity index (χ3n) is 4.35. The zero-order valence-electron chi connectivity index (χ0n) is 15.2. The predicted molar refractivity (Wildman–Crippen MR) is 104 cm³/mol. The fourth-order valence-electron chi connectivity index (χ4n) is 2.70. The minimum atomic E-state index is -3.91. The molecule has 3 rings (SSSR count). The average Bonchev–Trinajstić information content (AvgIpc) is 2.99. The summed E-state index contributed by atoms with van der Waals surface area (Å²) < 4.78 is 33.6. The van der Waals surface area contributed by atoms with Crippen LogP contribution in [-0.2, 0) is 10.0 Å². The Morgan fingerprint density at radius 2 is 1.77 bits per heavy atom. The second-order valence-electron chi connectivity index (χ2n) is 6.37. The molecule has 0 aliphatic heterocycles. The maximum absolute atomic E-state index is 13.3. The normalized spacial score (nSPS) is 11.9. The Labute approximate surface area is 158 Å². The molecule has 26 heavy (non-hydrogen) atoms. The van der Waals surface area contributed by atoms with Crippen LogP contribution in [0.4, 0.5) is 0 Å². The lowest BCUT2D eigenvalue weighted by Crippen LogP contribution is -2.14. The minimum absolute atomic E-state index is 0.0408. The molecule has 7 heteroatoms. The van der Waals surface area contributed by atoms with Gasteiger partial charge in [-0.05, 0) is 68.1 Å². The Bertz CT molecular complexity index is 1090. The molecule has 5 nitrogen and oxygen atoms in total. The Morgan fingerprint density at radius 3 is 2.46 bits per heavy atom. The summed E-state index contributed by atoms with van der Waals surface area (Å²) in [6.45, 7) is 8.12. The van der Waals surface area contributed by atoms with Crippen LogP contribution in [0.3, 0.4) is 0 Å². The van der Waals surface area contributed by atoms with E-state index in [0.29, 0.717) is 28.4 Å². The van der Waals surface area contributed by atoms with Crippen LogP contribution in [0.15, 0.2) is 35.5 Å². The monoisotopic (exact) mass is 392 g/mol. The summed E-state index contributed by atoms with van der Waals surface area (Å²) >= 11 is 6.21. The van der Waals surface area contributed by atoms with Gasteiger partial charge in [0.2, 0.25) is 0 Å². The van der Waals surface area contributed by atoms with Gasteiger partial charge in [-0.25, -0.2) is 17.4 Å². The fraction of sp³-hybridized carbons (Fsp3) is 0.316. The molecule has 2 aromatic carbocycles. The summed E-state index contributed by atoms with van der Waals surface area (Å²) in [4.78, 5) is 4.30. The smallest absolute Gasteiger partial charge is 0.273 e. The number of fused-ring (bicyclic) bond motifs is 1. The molecule has 3 aromatic rings. The molecule has 0 saturated carbocycles. The maximum atomic E-state index is 13.3. The maximum Gasteiger partial charge on any atom is 0.273 e. The molecule has 0 spiro atoms. The third kappa shape index (κ3) is 3.19. The molecule has 0 fully saturated rings. The number of rotatable bonds is 5. The van der Waals surface area contributed by atoms with E-state index in [1.807, 2.05) is 39.8 Å². The van der Waals surface area contributed by atoms with Crippen LogP contribution in [0.2, 0.25) is 5.02 Å². The fourth-order valence-corrected chi connectivity index (χ4v) is 4.36. The van der Waals surface area contributed by atoms with Gasteiger partial charge in [-0.2, -0.15) is 0 Å². The first-order valence-corrected chi connectivity index (χ1v) is 10.2. The molecule has 0 atom stereocenters. The SMILES string of the molecule is CCCOc1cc(C)c(Cl)cc1S(=O)(=O)n1cnc2cc(C)c(C)cc21. The van der Waals surface area contributed by atoms with Crippen LogP contribution in [0, 0.1) is 20.8 Å². The zero-order chi connectivity index (χ0) is 19.1. The first kappa shape index (κ1) is 18.7. The lowest BCUT2D eigenvalue weighted by molar-refractivity contribution is 0.309. The Morgan fingerprint density at radius 1 is 1.08 bits per heavy atom. The first-order chi connectivity index (χ1) is 12.3. The van der Waals surface area contributed by atoms with Gasteiger partial charge in [0.25, 0.3) is 10.0 Å². The van der Waals surface area contributed by atoms with Crippen LogP contribution in [0.5, 0.6) is 5.75 Å². The highest BCUT2D eigenvalue weighted by atomic mass is 35.5. The predicted octanol–water partition coefficient (Wildman–Crippen LogP) is 4.64. The number of aromatic nitrogens is 2. The van der Waals surface area contributed by atoms with Crippen molar-refractivity contribution in [1.29, 1.82) is 0 Å². The number of hydrogen-bond donors (Lipinski definition) is 0. The summed E-state index contributed by atoms with van der Waals surface area (Å²) in [7, 11) is -3.91. The Hall–Kier alpha value is -2.05. The second kappa shape index (κ2) is 6.93. The molecule has 0 saturated heterocycles. The second-order valence-corrected chi connectivity index (χ2v) is 8.56. The van der Waals surface area contributed by atoms with E-state index in [1.165, 1.54) is 16.4 Å². The molecule has 0 unspecified atom stereocenters. The molecular weight excluding hydrogens is 372 g/mol. The van der Waals surface area contributed by atoms with Gasteiger partial charge in [0.15, 0.2) is 0 Å². The zero-order valence-corrected chi connectivity index (χ0v) is 16.8. The molecule has 1 heterocycles. The van der Waals surface area contributed by atoms with Gasteiger partial charge in [-0.1, -0.05) is 18.5 Å². The summed E-state index contributed by atoms with van der Waals surface area (Å²) in [5, 5.41) is 0.379. The molecule has 0 N–H and O–H groups in total. The molecule has 0 amide bonds. The van der Waals surface area contributed by atoms with Gasteiger partial charge in [-0.15, -0.1) is 0 Å². The molecule has 0 aliphatic carbocycles. The highest BCUT2D eigenvalue weighted by molar-refractivity contribution is 7.90. The van der Waals surface area contributed by atoms with Crippen molar-refractivity contribution in [3.05, 3.63) is 52.3 Å². The van der Waals surface area contributed by atoms with E-state index < -0.39 is 10.0 Å². The van der Waals surface area contributed by atoms with Crippen molar-refractivity contribution in [3.8, 4) is 5.75 Å². The van der Waals surface area contributed by atoms with Crippen molar-refractivity contribution >= 4 is 32.7 Å². The lowest BCUT2D eigenvalue weighted by Gasteiger charge is -2.14. The van der Waals surface area contributed by atoms with E-state index in [1.54, 1.807) is 6.07 Å². The Balaban J connectivity index is 2.23. The van der Waals surface area contributed by atoms with Gasteiger partial charge in [0.1, 0.15) is 17.0 Å². The van der Waals surface area contributed by atoms with Crippen molar-refractivity contribution in [3.63, 3.8) is 0 Å². The van der Waals surface area contributed by atoms with E-state index in [4.69, 9.17) is 16.3 Å². The van der Waals surface area contributed by atoms with Crippen LogP contribution >= 0.6 is 11.6 Å². The summed E-state index contributed by atoms with van der Waals surface area (Å²) in [5.41, 5.74) is 3.99. The topological polar surface area (TPSA) is 61.2 Å². The summed E-state index contributed by atoms with van der Waals surface area (Å²) in [5.74, 6) is 0.305. The van der Waals surface area contributed by atoms with Crippen molar-refractivity contribution < 1.29 is 13.2 Å². The van der Waals surface area contributed by atoms with E-state index in [-0.39, 0.29) is 4.90 Å². The lowest BCUT2D eigenvalue weighted by atomic mass is 10.1. The minimum Gasteiger partial charge on any atom is -0.492 e. The standard InChI is InChI=1S/C19H21ClN2O3S/c1-5-6-25-18-9-14(4)15(20)10-19(18)26(23,24)22-11-21-16-7-12(2)13(3)8-17(16)22/h7-11H,5-6H2,1-4H3. The van der Waals surface area contributed by atoms with Crippen molar-refractivity contribution in [2.45, 2.75) is 39.0 Å². The highest BCUT2D eigenvalue weighted by Crippen LogP contribution is 2.33. The van der Waals surface area contributed by atoms with Crippen LogP contribution < -0.4 is 4.74 Å². The number of benzene rings is 2. The molecule has 0 radical (unpaired) electrons. The van der Waals surface area contributed by atoms with Crippen LogP contribution in [-0.4, -0.2) is 24.0 Å². The number of imidazole rings is 1. The molecular formula is C19H21ClN2O3S. The van der Waals surface area contributed by atoms with Crippen molar-refractivity contribution in [2.75, 3.05) is 6.61 Å². The number of hydrogen-bond acceptors (Lipinski definition) is 4. The average molecular weight is 393 g/mol. The van der Waals surface area contributed by atoms with Gasteiger partial charge in [-0.3, -0.25) is 0 Å². The van der Waals surface area contributed by atoms with Crippen molar-refractivity contribution in [2.24, 2.45) is 0 Å². The molecule has 1 aromatic heterocycles. The Kier molecular flexibility index (Phi) is 4.99. The van der Waals surface area contributed by atoms with E-state index in [0.717, 1.165) is 23.1 Å². The summed E-state index contributed by atoms with van der Waals surface area (Å²) in [6.07, 6.45) is 2.10. The number of aryl methyl sites for hydroxylation is 3. The van der Waals surface area contributed by atoms with Gasteiger partial charge in [0.05, 0.1) is 17.6 Å². The largest absolute Gasteiger partial charge is 0.492 e.